The van der Waals surface area contributed by atoms with Gasteiger partial charge in [0.05, 0.1) is 12.2 Å². The third-order valence-corrected chi connectivity index (χ3v) is 8.71. The van der Waals surface area contributed by atoms with Gasteiger partial charge in [-0.3, -0.25) is 14.4 Å². The van der Waals surface area contributed by atoms with Crippen molar-refractivity contribution in [2.75, 3.05) is 18.5 Å². The molecule has 1 aliphatic carbocycles. The van der Waals surface area contributed by atoms with Crippen LogP contribution in [-0.2, 0) is 14.3 Å². The predicted molar refractivity (Wildman–Crippen MR) is 128 cm³/mol. The van der Waals surface area contributed by atoms with E-state index >= 15 is 4.39 Å². The van der Waals surface area contributed by atoms with Crippen molar-refractivity contribution in [2.45, 2.75) is 56.6 Å². The van der Waals surface area contributed by atoms with Crippen molar-refractivity contribution in [3.05, 3.63) is 35.2 Å². The van der Waals surface area contributed by atoms with Crippen LogP contribution in [0.5, 0.6) is 0 Å². The maximum atomic E-state index is 16.1. The number of ketones is 1. The van der Waals surface area contributed by atoms with Gasteiger partial charge in [-0.1, -0.05) is 19.1 Å². The molecule has 6 rings (SSSR count). The summed E-state index contributed by atoms with van der Waals surface area (Å²) in [5.74, 6) is -1.94. The number of Topliss-reactive ketones (excluding diaryl/α,β-unsaturated/α-hetero) is 1. The van der Waals surface area contributed by atoms with E-state index in [0.29, 0.717) is 12.0 Å². The maximum absolute atomic E-state index is 16.1. The number of thiazole rings is 1. The van der Waals surface area contributed by atoms with Crippen LogP contribution >= 0.6 is 11.3 Å². The standard InChI is InChI=1S/C25H27FN4O4S/c1-12(2)27-23-28-17(10-35-23)14-5-4-6-15(7-14)21(32)29-25-8-16(25)13(3)24(26)11-30(22(25)33)19-18(31)9-34-20(19)24/h4-7,10,12-13,16,19-20H,8-9,11H2,1-3H3,(H,27,28)(H,29,32)/t13?,16?,19?,20-,24+,25?/m0/s1. The summed E-state index contributed by atoms with van der Waals surface area (Å²) in [5.41, 5.74) is -1.05. The number of alkyl halides is 1. The van der Waals surface area contributed by atoms with E-state index < -0.39 is 35.2 Å². The van der Waals surface area contributed by atoms with E-state index in [1.807, 2.05) is 25.3 Å². The fourth-order valence-electron chi connectivity index (χ4n) is 6.05. The molecule has 1 saturated carbocycles. The number of hydrogen-bond donors (Lipinski definition) is 2. The molecule has 10 heteroatoms. The number of carbonyl (C=O) groups excluding carboxylic acids is 3. The monoisotopic (exact) mass is 498 g/mol. The highest BCUT2D eigenvalue weighted by atomic mass is 32.1. The molecule has 4 fully saturated rings. The fourth-order valence-corrected chi connectivity index (χ4v) is 6.91. The molecule has 184 valence electrons. The zero-order valence-corrected chi connectivity index (χ0v) is 20.5. The molecular weight excluding hydrogens is 471 g/mol. The molecule has 1 aromatic carbocycles. The Kier molecular flexibility index (Phi) is 4.89. The topological polar surface area (TPSA) is 101 Å². The molecule has 4 unspecified atom stereocenters. The SMILES string of the molecule is CC(C)Nc1nc(-c2cccc(C(=O)NC34CC3C(C)[C@]3(F)CN(C4=O)C4C(=O)CO[C@@H]43)c2)cs1. The van der Waals surface area contributed by atoms with Gasteiger partial charge in [-0.05, 0) is 38.3 Å². The molecule has 3 saturated heterocycles. The molecule has 2 amide bonds. The lowest BCUT2D eigenvalue weighted by Gasteiger charge is -2.32. The van der Waals surface area contributed by atoms with Crippen LogP contribution in [0.15, 0.2) is 29.6 Å². The summed E-state index contributed by atoms with van der Waals surface area (Å²) in [5, 5.41) is 8.93. The number of amides is 2. The van der Waals surface area contributed by atoms with Gasteiger partial charge in [-0.25, -0.2) is 9.37 Å². The molecule has 3 aliphatic heterocycles. The molecule has 0 spiro atoms. The van der Waals surface area contributed by atoms with Crippen LogP contribution < -0.4 is 10.6 Å². The van der Waals surface area contributed by atoms with Crippen LogP contribution in [0.2, 0.25) is 0 Å². The minimum Gasteiger partial charge on any atom is -0.364 e. The van der Waals surface area contributed by atoms with Gasteiger partial charge in [-0.15, -0.1) is 11.3 Å². The summed E-state index contributed by atoms with van der Waals surface area (Å²) in [4.78, 5) is 45.3. The highest BCUT2D eigenvalue weighted by Gasteiger charge is 2.76. The quantitative estimate of drug-likeness (QED) is 0.658. The summed E-state index contributed by atoms with van der Waals surface area (Å²) in [6.45, 7) is 5.48. The summed E-state index contributed by atoms with van der Waals surface area (Å²) in [7, 11) is 0. The molecule has 2 bridgehead atoms. The first-order valence-electron chi connectivity index (χ1n) is 11.9. The Morgan fingerprint density at radius 3 is 2.91 bits per heavy atom. The number of aromatic nitrogens is 1. The van der Waals surface area contributed by atoms with E-state index in [-0.39, 0.29) is 36.8 Å². The number of carbonyl (C=O) groups is 3. The largest absolute Gasteiger partial charge is 0.364 e. The molecular formula is C25H27FN4O4S. The zero-order chi connectivity index (χ0) is 24.7. The Hall–Kier alpha value is -2.85. The van der Waals surface area contributed by atoms with E-state index in [0.717, 1.165) is 16.4 Å². The molecule has 8 nitrogen and oxygen atoms in total. The van der Waals surface area contributed by atoms with Crippen molar-refractivity contribution in [1.29, 1.82) is 0 Å². The number of rotatable bonds is 5. The van der Waals surface area contributed by atoms with Gasteiger partial charge >= 0.3 is 0 Å². The molecule has 0 radical (unpaired) electrons. The van der Waals surface area contributed by atoms with Crippen LogP contribution in [0, 0.1) is 11.8 Å². The Morgan fingerprint density at radius 1 is 1.34 bits per heavy atom. The van der Waals surface area contributed by atoms with Crippen molar-refractivity contribution in [2.24, 2.45) is 11.8 Å². The van der Waals surface area contributed by atoms with Gasteiger partial charge in [0.15, 0.2) is 16.6 Å². The van der Waals surface area contributed by atoms with Crippen LogP contribution in [0.3, 0.4) is 0 Å². The smallest absolute Gasteiger partial charge is 0.252 e. The summed E-state index contributed by atoms with van der Waals surface area (Å²) < 4.78 is 21.6. The zero-order valence-electron chi connectivity index (χ0n) is 19.7. The van der Waals surface area contributed by atoms with Gasteiger partial charge in [0.1, 0.15) is 24.3 Å². The van der Waals surface area contributed by atoms with Crippen molar-refractivity contribution in [3.63, 3.8) is 0 Å². The minimum atomic E-state index is -1.80. The van der Waals surface area contributed by atoms with Crippen molar-refractivity contribution >= 4 is 34.1 Å². The lowest BCUT2D eigenvalue weighted by Crippen LogP contribution is -2.56. The Morgan fingerprint density at radius 2 is 2.14 bits per heavy atom. The number of fused-ring (bicyclic) bond motifs is 6. The highest BCUT2D eigenvalue weighted by molar-refractivity contribution is 7.14. The van der Waals surface area contributed by atoms with Crippen LogP contribution in [0.4, 0.5) is 9.52 Å². The van der Waals surface area contributed by atoms with Crippen LogP contribution in [-0.4, -0.2) is 70.0 Å². The van der Waals surface area contributed by atoms with Crippen LogP contribution in [0.1, 0.15) is 37.6 Å². The number of halogens is 1. The lowest BCUT2D eigenvalue weighted by molar-refractivity contribution is -0.139. The Bertz CT molecular complexity index is 1250. The van der Waals surface area contributed by atoms with Gasteiger partial charge in [0, 0.05) is 28.5 Å². The van der Waals surface area contributed by atoms with Crippen LogP contribution in [0.25, 0.3) is 11.3 Å². The third kappa shape index (κ3) is 3.26. The van der Waals surface area contributed by atoms with E-state index in [1.165, 1.54) is 16.2 Å². The first-order valence-corrected chi connectivity index (χ1v) is 12.8. The maximum Gasteiger partial charge on any atom is 0.252 e. The average Bonchev–Trinajstić information content (AvgIpc) is 3.11. The molecule has 4 aliphatic rings. The molecule has 2 aromatic rings. The molecule has 6 atom stereocenters. The second kappa shape index (κ2) is 7.57. The highest BCUT2D eigenvalue weighted by Crippen LogP contribution is 2.60. The lowest BCUT2D eigenvalue weighted by atomic mass is 9.81. The number of anilines is 1. The summed E-state index contributed by atoms with van der Waals surface area (Å²) >= 11 is 1.49. The van der Waals surface area contributed by atoms with Crippen molar-refractivity contribution < 1.29 is 23.5 Å². The number of nitrogens with zero attached hydrogens (tertiary/aromatic N) is 2. The van der Waals surface area contributed by atoms with Gasteiger partial charge in [-0.2, -0.15) is 0 Å². The summed E-state index contributed by atoms with van der Waals surface area (Å²) in [6.07, 6.45) is -0.571. The second-order valence-corrected chi connectivity index (χ2v) is 11.3. The number of benzene rings is 1. The fraction of sp³-hybridized carbons (Fsp3) is 0.520. The van der Waals surface area contributed by atoms with E-state index in [1.54, 1.807) is 25.1 Å². The van der Waals surface area contributed by atoms with Crippen molar-refractivity contribution in [3.8, 4) is 11.3 Å². The van der Waals surface area contributed by atoms with Gasteiger partial charge < -0.3 is 20.3 Å². The second-order valence-electron chi connectivity index (χ2n) is 10.4. The van der Waals surface area contributed by atoms with E-state index in [9.17, 15) is 14.4 Å². The Labute approximate surface area is 206 Å². The van der Waals surface area contributed by atoms with Crippen molar-refractivity contribution in [1.82, 2.24) is 15.2 Å². The normalized spacial score (nSPS) is 35.1. The molecule has 2 N–H and O–H groups in total. The third-order valence-electron chi connectivity index (χ3n) is 7.93. The summed E-state index contributed by atoms with van der Waals surface area (Å²) in [6, 6.07) is 6.44. The first kappa shape index (κ1) is 22.6. The number of ether oxygens (including phenoxy) is 1. The average molecular weight is 499 g/mol. The Balaban J connectivity index is 1.26. The van der Waals surface area contributed by atoms with E-state index in [2.05, 4.69) is 15.6 Å². The number of nitrogens with one attached hydrogen (secondary N) is 2. The molecule has 35 heavy (non-hydrogen) atoms. The minimum absolute atomic E-state index is 0.172. The first-order chi connectivity index (χ1) is 16.6. The van der Waals surface area contributed by atoms with Gasteiger partial charge in [0.25, 0.3) is 5.91 Å². The van der Waals surface area contributed by atoms with Gasteiger partial charge in [0.2, 0.25) is 5.91 Å². The number of hydrogen-bond acceptors (Lipinski definition) is 7. The predicted octanol–water partition coefficient (Wildman–Crippen LogP) is 2.66. The van der Waals surface area contributed by atoms with E-state index in [4.69, 9.17) is 4.74 Å². The molecule has 1 aromatic heterocycles. The molecule has 4 heterocycles.